The molecule has 3 aromatic rings. The monoisotopic (exact) mass is 434 g/mol. The summed E-state index contributed by atoms with van der Waals surface area (Å²) in [6.45, 7) is 6.97. The minimum atomic E-state index is 0.596. The summed E-state index contributed by atoms with van der Waals surface area (Å²) in [5.74, 6) is 6.60. The average molecular weight is 435 g/mol. The van der Waals surface area contributed by atoms with E-state index in [0.717, 1.165) is 29.5 Å². The number of benzene rings is 2. The van der Waals surface area contributed by atoms with Crippen molar-refractivity contribution in [3.63, 3.8) is 0 Å². The second-order valence-electron chi connectivity index (χ2n) is 8.29. The molecule has 2 N–H and O–H groups in total. The molecule has 0 spiro atoms. The summed E-state index contributed by atoms with van der Waals surface area (Å²) in [5.41, 5.74) is 4.68. The lowest BCUT2D eigenvalue weighted by atomic mass is 10.0. The second-order valence-corrected chi connectivity index (χ2v) is 8.72. The first-order valence-corrected chi connectivity index (χ1v) is 11.5. The molecule has 1 aliphatic heterocycles. The lowest BCUT2D eigenvalue weighted by Gasteiger charge is -2.29. The molecule has 0 saturated carbocycles. The Morgan fingerprint density at radius 2 is 1.84 bits per heavy atom. The van der Waals surface area contributed by atoms with Gasteiger partial charge in [-0.3, -0.25) is 0 Å². The molecule has 1 aliphatic rings. The highest BCUT2D eigenvalue weighted by Gasteiger charge is 2.16. The highest BCUT2D eigenvalue weighted by atomic mass is 35.5. The quantitative estimate of drug-likeness (QED) is 0.537. The van der Waals surface area contributed by atoms with Crippen molar-refractivity contribution in [1.82, 2.24) is 14.8 Å². The molecule has 0 atom stereocenters. The lowest BCUT2D eigenvalue weighted by Crippen LogP contribution is -2.40. The van der Waals surface area contributed by atoms with Crippen molar-refractivity contribution >= 4 is 28.2 Å². The predicted molar refractivity (Wildman–Crippen MR) is 132 cm³/mol. The Morgan fingerprint density at radius 1 is 1.06 bits per heavy atom. The fourth-order valence-electron chi connectivity index (χ4n) is 4.20. The van der Waals surface area contributed by atoms with Crippen LogP contribution in [0.2, 0.25) is 5.02 Å². The van der Waals surface area contributed by atoms with Crippen molar-refractivity contribution in [3.05, 3.63) is 64.8 Å². The highest BCUT2D eigenvalue weighted by molar-refractivity contribution is 6.30. The Labute approximate surface area is 190 Å². The van der Waals surface area contributed by atoms with Gasteiger partial charge in [0.05, 0.1) is 12.2 Å². The number of nitrogens with zero attached hydrogens (tertiary/aromatic N) is 2. The van der Waals surface area contributed by atoms with Gasteiger partial charge in [0, 0.05) is 40.7 Å². The molecular formula is C26H31ClN4. The summed E-state index contributed by atoms with van der Waals surface area (Å²) in [7, 11) is 2.21. The molecule has 0 radical (unpaired) electrons. The fraction of sp³-hybridized carbons (Fsp3) is 0.385. The van der Waals surface area contributed by atoms with Crippen LogP contribution in [-0.4, -0.2) is 42.2 Å². The van der Waals surface area contributed by atoms with Crippen LogP contribution >= 0.6 is 11.6 Å². The van der Waals surface area contributed by atoms with Gasteiger partial charge in [-0.1, -0.05) is 23.6 Å². The van der Waals surface area contributed by atoms with E-state index in [1.54, 1.807) is 0 Å². The van der Waals surface area contributed by atoms with E-state index in [1.165, 1.54) is 42.4 Å². The molecule has 4 rings (SSSR count). The van der Waals surface area contributed by atoms with Crippen LogP contribution in [0.25, 0.3) is 10.9 Å². The van der Waals surface area contributed by atoms with Crippen molar-refractivity contribution in [2.45, 2.75) is 38.9 Å². The van der Waals surface area contributed by atoms with Crippen molar-refractivity contribution < 1.29 is 0 Å². The van der Waals surface area contributed by atoms with E-state index in [2.05, 4.69) is 70.2 Å². The van der Waals surface area contributed by atoms with Gasteiger partial charge in [0.2, 0.25) is 0 Å². The van der Waals surface area contributed by atoms with Gasteiger partial charge in [-0.2, -0.15) is 0 Å². The van der Waals surface area contributed by atoms with E-state index in [0.29, 0.717) is 12.6 Å². The maximum absolute atomic E-state index is 5.94. The summed E-state index contributed by atoms with van der Waals surface area (Å²) in [6.07, 6.45) is 2.46. The number of rotatable bonds is 6. The zero-order valence-corrected chi connectivity index (χ0v) is 19.2. The molecule has 1 saturated heterocycles. The van der Waals surface area contributed by atoms with Crippen LogP contribution < -0.4 is 10.6 Å². The molecular weight excluding hydrogens is 404 g/mol. The second kappa shape index (κ2) is 10.2. The molecule has 162 valence electrons. The number of hydrogen-bond acceptors (Lipinski definition) is 3. The molecule has 4 nitrogen and oxygen atoms in total. The summed E-state index contributed by atoms with van der Waals surface area (Å²) >= 11 is 5.94. The number of anilines is 1. The van der Waals surface area contributed by atoms with Crippen molar-refractivity contribution in [3.8, 4) is 11.8 Å². The average Bonchev–Trinajstić information content (AvgIpc) is 3.14. The number of piperidine rings is 1. The Kier molecular flexibility index (Phi) is 7.19. The van der Waals surface area contributed by atoms with Crippen LogP contribution in [0.15, 0.2) is 48.5 Å². The summed E-state index contributed by atoms with van der Waals surface area (Å²) in [5, 5.41) is 9.07. The largest absolute Gasteiger partial charge is 0.374 e. The Morgan fingerprint density at radius 3 is 2.58 bits per heavy atom. The van der Waals surface area contributed by atoms with Gasteiger partial charge >= 0.3 is 0 Å². The number of halogens is 1. The van der Waals surface area contributed by atoms with Crippen LogP contribution in [-0.2, 0) is 13.1 Å². The summed E-state index contributed by atoms with van der Waals surface area (Å²) in [6, 6.07) is 17.3. The molecule has 2 heterocycles. The number of likely N-dealkylation sites (tertiary alicyclic amines) is 1. The number of nitrogens with one attached hydrogen (secondary N) is 2. The maximum atomic E-state index is 5.94. The van der Waals surface area contributed by atoms with Gasteiger partial charge in [0.1, 0.15) is 0 Å². The first kappa shape index (κ1) is 21.8. The van der Waals surface area contributed by atoms with E-state index in [4.69, 9.17) is 11.6 Å². The van der Waals surface area contributed by atoms with Gasteiger partial charge in [-0.05, 0) is 93.9 Å². The maximum Gasteiger partial charge on any atom is 0.0931 e. The van der Waals surface area contributed by atoms with Crippen LogP contribution in [0.3, 0.4) is 0 Å². The molecule has 0 amide bonds. The standard InChI is InChI=1S/C26H31ClN4/c1-3-31-25(5-4-14-28-23-9-7-22(27)8-10-23)18-21-17-20(6-11-26(21)31)19-29-24-12-15-30(2)16-13-24/h6-11,17-18,24,28-29H,3,12-16,19H2,1-2H3. The van der Waals surface area contributed by atoms with Crippen LogP contribution in [0.4, 0.5) is 5.69 Å². The van der Waals surface area contributed by atoms with Crippen molar-refractivity contribution in [2.75, 3.05) is 32.0 Å². The van der Waals surface area contributed by atoms with Crippen LogP contribution in [0, 0.1) is 11.8 Å². The molecule has 0 unspecified atom stereocenters. The molecule has 5 heteroatoms. The zero-order valence-electron chi connectivity index (χ0n) is 18.4. The third kappa shape index (κ3) is 5.62. The Balaban J connectivity index is 1.41. The minimum absolute atomic E-state index is 0.596. The Bertz CT molecular complexity index is 1070. The number of aromatic nitrogens is 1. The molecule has 31 heavy (non-hydrogen) atoms. The molecule has 1 fully saturated rings. The molecule has 0 aliphatic carbocycles. The van der Waals surface area contributed by atoms with Gasteiger partial charge in [0.25, 0.3) is 0 Å². The normalized spacial score (nSPS) is 15.1. The zero-order chi connectivity index (χ0) is 21.6. The first-order valence-electron chi connectivity index (χ1n) is 11.1. The van der Waals surface area contributed by atoms with E-state index < -0.39 is 0 Å². The van der Waals surface area contributed by atoms with E-state index >= 15 is 0 Å². The third-order valence-corrected chi connectivity index (χ3v) is 6.29. The predicted octanol–water partition coefficient (Wildman–Crippen LogP) is 4.96. The van der Waals surface area contributed by atoms with E-state index in [-0.39, 0.29) is 0 Å². The number of fused-ring (bicyclic) bond motifs is 1. The number of aryl methyl sites for hydroxylation is 1. The van der Waals surface area contributed by atoms with Gasteiger partial charge in [-0.15, -0.1) is 0 Å². The lowest BCUT2D eigenvalue weighted by molar-refractivity contribution is 0.234. The van der Waals surface area contributed by atoms with Crippen LogP contribution in [0.1, 0.15) is 31.0 Å². The molecule has 1 aromatic heterocycles. The fourth-order valence-corrected chi connectivity index (χ4v) is 4.32. The minimum Gasteiger partial charge on any atom is -0.374 e. The SMILES string of the molecule is CCn1c(C#CCNc2ccc(Cl)cc2)cc2cc(CNC3CCN(C)CC3)ccc21. The molecule has 2 aromatic carbocycles. The van der Waals surface area contributed by atoms with Gasteiger partial charge in [-0.25, -0.2) is 0 Å². The van der Waals surface area contributed by atoms with E-state index in [9.17, 15) is 0 Å². The summed E-state index contributed by atoms with van der Waals surface area (Å²) < 4.78 is 2.29. The van der Waals surface area contributed by atoms with Gasteiger partial charge in [0.15, 0.2) is 0 Å². The third-order valence-electron chi connectivity index (χ3n) is 6.04. The smallest absolute Gasteiger partial charge is 0.0931 e. The van der Waals surface area contributed by atoms with Gasteiger partial charge < -0.3 is 20.1 Å². The Hall–Kier alpha value is -2.45. The highest BCUT2D eigenvalue weighted by Crippen LogP contribution is 2.22. The number of hydrogen-bond donors (Lipinski definition) is 2. The first-order chi connectivity index (χ1) is 15.1. The van der Waals surface area contributed by atoms with Crippen molar-refractivity contribution in [2.24, 2.45) is 0 Å². The van der Waals surface area contributed by atoms with Crippen LogP contribution in [0.5, 0.6) is 0 Å². The van der Waals surface area contributed by atoms with E-state index in [1.807, 2.05) is 24.3 Å². The molecule has 0 bridgehead atoms. The summed E-state index contributed by atoms with van der Waals surface area (Å²) in [4.78, 5) is 2.41. The van der Waals surface area contributed by atoms with Crippen molar-refractivity contribution in [1.29, 1.82) is 0 Å². The topological polar surface area (TPSA) is 32.2 Å².